The van der Waals surface area contributed by atoms with Gasteiger partial charge >= 0.3 is 0 Å². The first-order chi connectivity index (χ1) is 9.58. The monoisotopic (exact) mass is 336 g/mol. The second-order valence-electron chi connectivity index (χ2n) is 4.23. The van der Waals surface area contributed by atoms with E-state index in [-0.39, 0.29) is 5.69 Å². The zero-order valence-corrected chi connectivity index (χ0v) is 12.1. The third-order valence-electron chi connectivity index (χ3n) is 2.85. The summed E-state index contributed by atoms with van der Waals surface area (Å²) in [5.41, 5.74) is 1.53. The van der Waals surface area contributed by atoms with Crippen molar-refractivity contribution >= 4 is 27.3 Å². The van der Waals surface area contributed by atoms with Gasteiger partial charge < -0.3 is 10.4 Å². The molecular weight excluding hydrogens is 324 g/mol. The van der Waals surface area contributed by atoms with Gasteiger partial charge in [0.1, 0.15) is 0 Å². The van der Waals surface area contributed by atoms with Crippen molar-refractivity contribution in [3.63, 3.8) is 0 Å². The van der Waals surface area contributed by atoms with Crippen molar-refractivity contribution < 1.29 is 10.0 Å². The van der Waals surface area contributed by atoms with Crippen LogP contribution in [-0.2, 0) is 0 Å². The summed E-state index contributed by atoms with van der Waals surface area (Å²) in [6.07, 6.45) is -0.733. The number of nitro benzene ring substituents is 1. The van der Waals surface area contributed by atoms with Crippen molar-refractivity contribution in [2.24, 2.45) is 0 Å². The average Bonchev–Trinajstić information content (AvgIpc) is 2.46. The molecule has 0 saturated carbocycles. The van der Waals surface area contributed by atoms with Gasteiger partial charge in [-0.05, 0) is 45.8 Å². The van der Waals surface area contributed by atoms with E-state index in [2.05, 4.69) is 21.2 Å². The Labute approximate surface area is 124 Å². The first-order valence-corrected chi connectivity index (χ1v) is 6.78. The highest BCUT2D eigenvalue weighted by Crippen LogP contribution is 2.23. The zero-order chi connectivity index (χ0) is 14.5. The number of rotatable bonds is 5. The van der Waals surface area contributed by atoms with Gasteiger partial charge in [0.15, 0.2) is 0 Å². The van der Waals surface area contributed by atoms with Gasteiger partial charge in [-0.15, -0.1) is 0 Å². The Hall–Kier alpha value is -1.92. The summed E-state index contributed by atoms with van der Waals surface area (Å²) in [7, 11) is 0. The molecule has 2 aromatic rings. The summed E-state index contributed by atoms with van der Waals surface area (Å²) in [4.78, 5) is 10.1. The molecule has 20 heavy (non-hydrogen) atoms. The zero-order valence-electron chi connectivity index (χ0n) is 10.5. The molecule has 0 bridgehead atoms. The van der Waals surface area contributed by atoms with Crippen LogP contribution in [-0.4, -0.2) is 16.6 Å². The van der Waals surface area contributed by atoms with E-state index in [1.807, 2.05) is 24.3 Å². The lowest BCUT2D eigenvalue weighted by molar-refractivity contribution is -0.384. The van der Waals surface area contributed by atoms with E-state index in [1.165, 1.54) is 12.1 Å². The lowest BCUT2D eigenvalue weighted by atomic mass is 10.1. The van der Waals surface area contributed by atoms with Crippen LogP contribution in [0.3, 0.4) is 0 Å². The number of aliphatic hydroxyl groups excluding tert-OH is 1. The van der Waals surface area contributed by atoms with E-state index in [1.54, 1.807) is 12.1 Å². The largest absolute Gasteiger partial charge is 0.387 e. The van der Waals surface area contributed by atoms with Crippen LogP contribution in [0.15, 0.2) is 53.0 Å². The van der Waals surface area contributed by atoms with Crippen molar-refractivity contribution in [2.75, 3.05) is 11.9 Å². The number of nitrogens with one attached hydrogen (secondary N) is 1. The van der Waals surface area contributed by atoms with E-state index in [0.29, 0.717) is 12.1 Å². The quantitative estimate of drug-likeness (QED) is 0.647. The van der Waals surface area contributed by atoms with Gasteiger partial charge in [-0.25, -0.2) is 0 Å². The van der Waals surface area contributed by atoms with E-state index in [9.17, 15) is 15.2 Å². The maximum Gasteiger partial charge on any atom is 0.269 e. The number of hydrogen-bond donors (Lipinski definition) is 2. The number of anilines is 1. The fourth-order valence-electron chi connectivity index (χ4n) is 1.75. The summed E-state index contributed by atoms with van der Waals surface area (Å²) >= 11 is 3.41. The number of halogens is 1. The van der Waals surface area contributed by atoms with Gasteiger partial charge in [0, 0.05) is 28.8 Å². The minimum Gasteiger partial charge on any atom is -0.387 e. The third kappa shape index (κ3) is 3.55. The average molecular weight is 337 g/mol. The molecule has 0 aliphatic heterocycles. The highest BCUT2D eigenvalue weighted by molar-refractivity contribution is 9.10. The van der Waals surface area contributed by atoms with Gasteiger partial charge in [-0.3, -0.25) is 10.1 Å². The predicted molar refractivity (Wildman–Crippen MR) is 80.7 cm³/mol. The van der Waals surface area contributed by atoms with Crippen LogP contribution in [0.25, 0.3) is 0 Å². The fourth-order valence-corrected chi connectivity index (χ4v) is 2.17. The lowest BCUT2D eigenvalue weighted by Gasteiger charge is -2.14. The second-order valence-corrected chi connectivity index (χ2v) is 5.08. The van der Waals surface area contributed by atoms with Crippen LogP contribution in [0.2, 0.25) is 0 Å². The maximum atomic E-state index is 10.6. The molecule has 0 fully saturated rings. The number of para-hydroxylation sites is 1. The van der Waals surface area contributed by atoms with Crippen molar-refractivity contribution in [1.82, 2.24) is 0 Å². The SMILES string of the molecule is O=[N+]([O-])c1ccc(C(O)CNc2ccccc2Br)cc1. The van der Waals surface area contributed by atoms with E-state index in [4.69, 9.17) is 0 Å². The molecule has 5 nitrogen and oxygen atoms in total. The minimum absolute atomic E-state index is 0.0136. The molecule has 0 aromatic heterocycles. The van der Waals surface area contributed by atoms with Crippen molar-refractivity contribution in [1.29, 1.82) is 0 Å². The Morgan fingerprint density at radius 1 is 1.20 bits per heavy atom. The fraction of sp³-hybridized carbons (Fsp3) is 0.143. The molecule has 6 heteroatoms. The Balaban J connectivity index is 2.00. The molecule has 0 saturated heterocycles. The van der Waals surface area contributed by atoms with Crippen molar-refractivity contribution in [2.45, 2.75) is 6.10 Å². The molecule has 104 valence electrons. The molecule has 0 heterocycles. The van der Waals surface area contributed by atoms with E-state index in [0.717, 1.165) is 10.2 Å². The van der Waals surface area contributed by atoms with Crippen LogP contribution >= 0.6 is 15.9 Å². The summed E-state index contributed by atoms with van der Waals surface area (Å²) in [5.74, 6) is 0. The lowest BCUT2D eigenvalue weighted by Crippen LogP contribution is -2.12. The van der Waals surface area contributed by atoms with Crippen LogP contribution in [0.4, 0.5) is 11.4 Å². The molecule has 2 rings (SSSR count). The van der Waals surface area contributed by atoms with Gasteiger partial charge in [0.25, 0.3) is 5.69 Å². The topological polar surface area (TPSA) is 75.4 Å². The number of non-ortho nitro benzene ring substituents is 1. The second kappa shape index (κ2) is 6.49. The Morgan fingerprint density at radius 2 is 1.85 bits per heavy atom. The van der Waals surface area contributed by atoms with Crippen molar-refractivity contribution in [3.8, 4) is 0 Å². The Morgan fingerprint density at radius 3 is 2.45 bits per heavy atom. The van der Waals surface area contributed by atoms with Crippen LogP contribution in [0, 0.1) is 10.1 Å². The molecule has 1 unspecified atom stereocenters. The molecule has 0 aliphatic carbocycles. The van der Waals surface area contributed by atoms with E-state index >= 15 is 0 Å². The van der Waals surface area contributed by atoms with Crippen LogP contribution in [0.5, 0.6) is 0 Å². The molecule has 0 aliphatic rings. The highest BCUT2D eigenvalue weighted by Gasteiger charge is 2.10. The van der Waals surface area contributed by atoms with Gasteiger partial charge in [-0.2, -0.15) is 0 Å². The predicted octanol–water partition coefficient (Wildman–Crippen LogP) is 3.50. The van der Waals surface area contributed by atoms with Gasteiger partial charge in [-0.1, -0.05) is 12.1 Å². The molecule has 2 N–H and O–H groups in total. The number of benzene rings is 2. The summed E-state index contributed by atoms with van der Waals surface area (Å²) < 4.78 is 0.913. The van der Waals surface area contributed by atoms with Gasteiger partial charge in [0.2, 0.25) is 0 Å². The number of aliphatic hydroxyl groups is 1. The Bertz CT molecular complexity index is 602. The Kier molecular flexibility index (Phi) is 4.70. The summed E-state index contributed by atoms with van der Waals surface area (Å²) in [6, 6.07) is 13.5. The van der Waals surface area contributed by atoms with E-state index < -0.39 is 11.0 Å². The number of hydrogen-bond acceptors (Lipinski definition) is 4. The van der Waals surface area contributed by atoms with Crippen LogP contribution < -0.4 is 5.32 Å². The minimum atomic E-state index is -0.733. The normalized spacial score (nSPS) is 11.9. The first kappa shape index (κ1) is 14.5. The molecular formula is C14H13BrN2O3. The van der Waals surface area contributed by atoms with Crippen LogP contribution in [0.1, 0.15) is 11.7 Å². The molecule has 0 radical (unpaired) electrons. The van der Waals surface area contributed by atoms with Gasteiger partial charge in [0.05, 0.1) is 11.0 Å². The van der Waals surface area contributed by atoms with Crippen molar-refractivity contribution in [3.05, 3.63) is 68.7 Å². The number of nitrogens with zero attached hydrogens (tertiary/aromatic N) is 1. The smallest absolute Gasteiger partial charge is 0.269 e. The number of nitro groups is 1. The molecule has 0 spiro atoms. The molecule has 1 atom stereocenters. The summed E-state index contributed by atoms with van der Waals surface area (Å²) in [5, 5.41) is 23.7. The maximum absolute atomic E-state index is 10.6. The molecule has 0 amide bonds. The first-order valence-electron chi connectivity index (χ1n) is 5.99. The standard InChI is InChI=1S/C14H13BrN2O3/c15-12-3-1-2-4-13(12)16-9-14(18)10-5-7-11(8-6-10)17(19)20/h1-8,14,16,18H,9H2. The highest BCUT2D eigenvalue weighted by atomic mass is 79.9. The molecule has 2 aromatic carbocycles. The third-order valence-corrected chi connectivity index (χ3v) is 3.54. The summed E-state index contributed by atoms with van der Waals surface area (Å²) in [6.45, 7) is 0.320.